The topological polar surface area (TPSA) is 84.6 Å². The van der Waals surface area contributed by atoms with Gasteiger partial charge in [0.2, 0.25) is 5.91 Å². The third-order valence-corrected chi connectivity index (χ3v) is 6.68. The van der Waals surface area contributed by atoms with Gasteiger partial charge in [0.05, 0.1) is 6.10 Å². The number of amides is 1. The smallest absolute Gasteiger partial charge is 0.240 e. The molecule has 0 spiro atoms. The van der Waals surface area contributed by atoms with E-state index in [1.807, 2.05) is 51.1 Å². The van der Waals surface area contributed by atoms with Crippen LogP contribution in [0.15, 0.2) is 30.3 Å². The van der Waals surface area contributed by atoms with Crippen LogP contribution in [-0.2, 0) is 9.53 Å². The van der Waals surface area contributed by atoms with E-state index in [9.17, 15) is 9.90 Å². The Labute approximate surface area is 152 Å². The Balaban J connectivity index is 1.62. The van der Waals surface area contributed by atoms with Crippen molar-refractivity contribution in [3.05, 3.63) is 35.2 Å². The molecule has 3 rings (SSSR count). The molecule has 3 atom stereocenters. The van der Waals surface area contributed by atoms with Gasteiger partial charge in [-0.1, -0.05) is 32.0 Å². The molecule has 0 radical (unpaired) electrons. The second-order valence-electron chi connectivity index (χ2n) is 7.25. The molecule has 1 saturated carbocycles. The molecule has 1 fully saturated rings. The average Bonchev–Trinajstić information content (AvgIpc) is 3.03. The zero-order valence-electron chi connectivity index (χ0n) is 14.9. The van der Waals surface area contributed by atoms with E-state index in [1.54, 1.807) is 0 Å². The molecule has 1 aromatic heterocycles. The van der Waals surface area contributed by atoms with E-state index >= 15 is 0 Å². The third kappa shape index (κ3) is 3.08. The van der Waals surface area contributed by atoms with Crippen molar-refractivity contribution in [2.24, 2.45) is 11.1 Å². The summed E-state index contributed by atoms with van der Waals surface area (Å²) in [4.78, 5) is 13.5. The number of carbonyl (C=O) groups is 1. The molecular formula is C19H26N2O3S. The van der Waals surface area contributed by atoms with Crippen LogP contribution in [-0.4, -0.2) is 35.8 Å². The molecule has 0 saturated heterocycles. The van der Waals surface area contributed by atoms with Gasteiger partial charge in [0.15, 0.2) is 0 Å². The zero-order chi connectivity index (χ0) is 18.2. The quantitative estimate of drug-likeness (QED) is 0.737. The number of hydrogen-bond acceptors (Lipinski definition) is 5. The molecule has 0 bridgehead atoms. The second-order valence-corrected chi connectivity index (χ2v) is 8.37. The van der Waals surface area contributed by atoms with Crippen LogP contribution in [0.1, 0.15) is 38.2 Å². The maximum Gasteiger partial charge on any atom is 0.240 e. The summed E-state index contributed by atoms with van der Waals surface area (Å²) in [5.41, 5.74) is 4.96. The normalized spacial score (nSPS) is 26.2. The van der Waals surface area contributed by atoms with Gasteiger partial charge >= 0.3 is 0 Å². The lowest BCUT2D eigenvalue weighted by atomic mass is 9.54. The molecule has 136 valence electrons. The van der Waals surface area contributed by atoms with E-state index in [2.05, 4.69) is 5.32 Å². The zero-order valence-corrected chi connectivity index (χ0v) is 15.7. The number of aliphatic hydroxyl groups is 1. The fraction of sp³-hybridized carbons (Fsp3) is 0.526. The first-order valence-corrected chi connectivity index (χ1v) is 9.46. The number of rotatable bonds is 6. The molecule has 5 nitrogen and oxygen atoms in total. The molecule has 1 aliphatic carbocycles. The van der Waals surface area contributed by atoms with Crippen LogP contribution < -0.4 is 11.1 Å². The number of nitrogens with two attached hydrogens (primary N) is 1. The number of carbonyl (C=O) groups excluding carboxylic acids is 1. The van der Waals surface area contributed by atoms with Gasteiger partial charge in [0.25, 0.3) is 0 Å². The molecule has 1 amide bonds. The standard InChI is InChI=1S/C19H26N2O3S/c1-4-24-16-10-19(20,18(16,2)3)17(23)21-11-13(22)15-9-12-7-5-6-8-14(12)25-15/h5-9,13,16,22H,4,10-11,20H2,1-3H3,(H,21,23). The number of aliphatic hydroxyl groups excluding tert-OH is 1. The number of thiophene rings is 1. The largest absolute Gasteiger partial charge is 0.386 e. The number of nitrogens with one attached hydrogen (secondary N) is 1. The van der Waals surface area contributed by atoms with Crippen LogP contribution in [0.2, 0.25) is 0 Å². The molecule has 1 aromatic carbocycles. The minimum Gasteiger partial charge on any atom is -0.386 e. The third-order valence-electron chi connectivity index (χ3n) is 5.46. The molecular weight excluding hydrogens is 336 g/mol. The fourth-order valence-electron chi connectivity index (χ4n) is 3.43. The van der Waals surface area contributed by atoms with Crippen molar-refractivity contribution in [3.8, 4) is 0 Å². The molecule has 3 unspecified atom stereocenters. The predicted molar refractivity (Wildman–Crippen MR) is 101 cm³/mol. The highest BCUT2D eigenvalue weighted by molar-refractivity contribution is 7.19. The molecule has 2 aromatic rings. The van der Waals surface area contributed by atoms with Crippen molar-refractivity contribution in [2.45, 2.75) is 44.9 Å². The van der Waals surface area contributed by atoms with Crippen LogP contribution in [0, 0.1) is 5.41 Å². The number of ether oxygens (including phenoxy) is 1. The summed E-state index contributed by atoms with van der Waals surface area (Å²) in [5.74, 6) is -0.228. The van der Waals surface area contributed by atoms with Gasteiger partial charge in [-0.3, -0.25) is 4.79 Å². The van der Waals surface area contributed by atoms with Crippen LogP contribution in [0.5, 0.6) is 0 Å². The minimum atomic E-state index is -0.966. The van der Waals surface area contributed by atoms with E-state index in [-0.39, 0.29) is 18.6 Å². The van der Waals surface area contributed by atoms with E-state index < -0.39 is 17.1 Å². The van der Waals surface area contributed by atoms with Crippen molar-refractivity contribution in [3.63, 3.8) is 0 Å². The van der Waals surface area contributed by atoms with Crippen LogP contribution in [0.4, 0.5) is 0 Å². The summed E-state index contributed by atoms with van der Waals surface area (Å²) < 4.78 is 6.78. The highest BCUT2D eigenvalue weighted by Gasteiger charge is 2.62. The van der Waals surface area contributed by atoms with Crippen molar-refractivity contribution >= 4 is 27.3 Å². The summed E-state index contributed by atoms with van der Waals surface area (Å²) >= 11 is 1.54. The SMILES string of the molecule is CCOC1CC(N)(C(=O)NCC(O)c2cc3ccccc3s2)C1(C)C. The summed E-state index contributed by atoms with van der Waals surface area (Å²) in [7, 11) is 0. The first-order chi connectivity index (χ1) is 11.8. The van der Waals surface area contributed by atoms with Gasteiger partial charge in [0.1, 0.15) is 11.6 Å². The number of benzene rings is 1. The average molecular weight is 362 g/mol. The highest BCUT2D eigenvalue weighted by atomic mass is 32.1. The van der Waals surface area contributed by atoms with Gasteiger partial charge in [-0.15, -0.1) is 11.3 Å². The monoisotopic (exact) mass is 362 g/mol. The van der Waals surface area contributed by atoms with Gasteiger partial charge in [0, 0.05) is 34.6 Å². The number of fused-ring (bicyclic) bond motifs is 1. The lowest BCUT2D eigenvalue weighted by Crippen LogP contribution is -2.75. The Hall–Kier alpha value is -1.47. The van der Waals surface area contributed by atoms with E-state index in [0.29, 0.717) is 13.0 Å². The molecule has 4 N–H and O–H groups in total. The van der Waals surface area contributed by atoms with Gasteiger partial charge in [-0.25, -0.2) is 0 Å². The van der Waals surface area contributed by atoms with Crippen LogP contribution >= 0.6 is 11.3 Å². The summed E-state index contributed by atoms with van der Waals surface area (Å²) in [6.07, 6.45) is -0.254. The maximum atomic E-state index is 12.6. The molecule has 0 aliphatic heterocycles. The fourth-order valence-corrected chi connectivity index (χ4v) is 4.49. The molecule has 6 heteroatoms. The highest BCUT2D eigenvalue weighted by Crippen LogP contribution is 2.49. The number of hydrogen-bond donors (Lipinski definition) is 3. The lowest BCUT2D eigenvalue weighted by molar-refractivity contribution is -0.170. The Kier molecular flexibility index (Phi) is 4.90. The summed E-state index contributed by atoms with van der Waals surface area (Å²) in [5, 5.41) is 14.3. The van der Waals surface area contributed by atoms with Crippen LogP contribution in [0.25, 0.3) is 10.1 Å². The Morgan fingerprint density at radius 1 is 1.48 bits per heavy atom. The summed E-state index contributed by atoms with van der Waals surface area (Å²) in [6.45, 7) is 6.61. The summed E-state index contributed by atoms with van der Waals surface area (Å²) in [6, 6.07) is 9.95. The minimum absolute atomic E-state index is 0.0132. The lowest BCUT2D eigenvalue weighted by Gasteiger charge is -2.57. The Bertz CT molecular complexity index is 740. The Morgan fingerprint density at radius 3 is 2.84 bits per heavy atom. The Morgan fingerprint density at radius 2 is 2.20 bits per heavy atom. The van der Waals surface area contributed by atoms with E-state index in [1.165, 1.54) is 11.3 Å². The van der Waals surface area contributed by atoms with Crippen molar-refractivity contribution in [1.29, 1.82) is 0 Å². The van der Waals surface area contributed by atoms with Crippen LogP contribution in [0.3, 0.4) is 0 Å². The van der Waals surface area contributed by atoms with E-state index in [4.69, 9.17) is 10.5 Å². The van der Waals surface area contributed by atoms with Gasteiger partial charge < -0.3 is 20.9 Å². The first kappa shape index (κ1) is 18.3. The van der Waals surface area contributed by atoms with E-state index in [0.717, 1.165) is 15.0 Å². The molecule has 25 heavy (non-hydrogen) atoms. The van der Waals surface area contributed by atoms with Gasteiger partial charge in [-0.2, -0.15) is 0 Å². The molecule has 1 aliphatic rings. The van der Waals surface area contributed by atoms with Crippen molar-refractivity contribution in [1.82, 2.24) is 5.32 Å². The maximum absolute atomic E-state index is 12.6. The second kappa shape index (κ2) is 6.68. The molecule has 1 heterocycles. The van der Waals surface area contributed by atoms with Crippen molar-refractivity contribution < 1.29 is 14.6 Å². The first-order valence-electron chi connectivity index (χ1n) is 8.65. The predicted octanol–water partition coefficient (Wildman–Crippen LogP) is 2.58. The van der Waals surface area contributed by atoms with Gasteiger partial charge in [-0.05, 0) is 24.4 Å². The van der Waals surface area contributed by atoms with Crippen molar-refractivity contribution in [2.75, 3.05) is 13.2 Å².